The van der Waals surface area contributed by atoms with Gasteiger partial charge in [-0.05, 0) is 74.5 Å². The van der Waals surface area contributed by atoms with Gasteiger partial charge in [0.1, 0.15) is 11.6 Å². The zero-order chi connectivity index (χ0) is 23.7. The van der Waals surface area contributed by atoms with Crippen LogP contribution < -0.4 is 0 Å². The Labute approximate surface area is 198 Å². The summed E-state index contributed by atoms with van der Waals surface area (Å²) in [6, 6.07) is 19.8. The van der Waals surface area contributed by atoms with Crippen molar-refractivity contribution in [1.82, 2.24) is 25.0 Å². The van der Waals surface area contributed by atoms with Crippen LogP contribution >= 0.6 is 11.8 Å². The lowest BCUT2D eigenvalue weighted by Crippen LogP contribution is -2.01. The van der Waals surface area contributed by atoms with Crippen LogP contribution in [0.5, 0.6) is 0 Å². The van der Waals surface area contributed by atoms with Crippen molar-refractivity contribution in [1.29, 1.82) is 0 Å². The number of rotatable bonds is 6. The zero-order valence-corrected chi connectivity index (χ0v) is 19.1. The average Bonchev–Trinajstić information content (AvgIpc) is 3.48. The SMILES string of the molecule is Cc1cccc(-c2nnc(C(C)Sc3nnc(-c4ccc(F)cc4)n3-c3ccc(F)cc3)o2)c1. The number of thioether (sulfide) groups is 1. The quantitative estimate of drug-likeness (QED) is 0.264. The highest BCUT2D eigenvalue weighted by molar-refractivity contribution is 7.99. The Hall–Kier alpha value is -3.85. The van der Waals surface area contributed by atoms with E-state index in [0.717, 1.165) is 11.1 Å². The fourth-order valence-corrected chi connectivity index (χ4v) is 4.35. The van der Waals surface area contributed by atoms with Crippen LogP contribution in [0.3, 0.4) is 0 Å². The molecule has 0 saturated heterocycles. The molecule has 0 radical (unpaired) electrons. The van der Waals surface area contributed by atoms with Gasteiger partial charge in [0.2, 0.25) is 11.8 Å². The van der Waals surface area contributed by atoms with E-state index in [-0.39, 0.29) is 16.9 Å². The summed E-state index contributed by atoms with van der Waals surface area (Å²) in [7, 11) is 0. The fourth-order valence-electron chi connectivity index (χ4n) is 3.46. The van der Waals surface area contributed by atoms with Gasteiger partial charge in [0.25, 0.3) is 0 Å². The van der Waals surface area contributed by atoms with Crippen LogP contribution in [0.4, 0.5) is 8.78 Å². The molecule has 1 unspecified atom stereocenters. The summed E-state index contributed by atoms with van der Waals surface area (Å²) in [5.41, 5.74) is 3.30. The number of hydrogen-bond donors (Lipinski definition) is 0. The molecule has 0 aliphatic carbocycles. The highest BCUT2D eigenvalue weighted by Crippen LogP contribution is 2.37. The second-order valence-electron chi connectivity index (χ2n) is 7.70. The molecule has 5 rings (SSSR count). The van der Waals surface area contributed by atoms with E-state index >= 15 is 0 Å². The Morgan fingerprint density at radius 1 is 0.824 bits per heavy atom. The third-order valence-corrected chi connectivity index (χ3v) is 6.19. The Balaban J connectivity index is 1.49. The van der Waals surface area contributed by atoms with Gasteiger partial charge in [-0.15, -0.1) is 20.4 Å². The van der Waals surface area contributed by atoms with Crippen LogP contribution in [-0.2, 0) is 0 Å². The number of benzene rings is 3. The number of aromatic nitrogens is 5. The van der Waals surface area contributed by atoms with Crippen molar-refractivity contribution in [3.05, 3.63) is 95.9 Å². The maximum atomic E-state index is 13.6. The lowest BCUT2D eigenvalue weighted by Gasteiger charge is -2.12. The zero-order valence-electron chi connectivity index (χ0n) is 18.3. The van der Waals surface area contributed by atoms with Crippen molar-refractivity contribution in [2.45, 2.75) is 24.3 Å². The van der Waals surface area contributed by atoms with Crippen LogP contribution in [0.15, 0.2) is 82.4 Å². The van der Waals surface area contributed by atoms with E-state index in [0.29, 0.717) is 34.0 Å². The number of nitrogens with zero attached hydrogens (tertiary/aromatic N) is 5. The van der Waals surface area contributed by atoms with Gasteiger partial charge in [-0.2, -0.15) is 0 Å². The first-order valence-corrected chi connectivity index (χ1v) is 11.4. The lowest BCUT2D eigenvalue weighted by atomic mass is 10.1. The van der Waals surface area contributed by atoms with E-state index in [4.69, 9.17) is 4.42 Å². The second kappa shape index (κ2) is 9.18. The van der Waals surface area contributed by atoms with Crippen molar-refractivity contribution in [2.75, 3.05) is 0 Å². The molecule has 170 valence electrons. The monoisotopic (exact) mass is 475 g/mol. The van der Waals surface area contributed by atoms with Crippen LogP contribution in [0, 0.1) is 18.6 Å². The summed E-state index contributed by atoms with van der Waals surface area (Å²) in [6.45, 7) is 3.93. The van der Waals surface area contributed by atoms with Gasteiger partial charge in [-0.25, -0.2) is 8.78 Å². The van der Waals surface area contributed by atoms with Crippen molar-refractivity contribution < 1.29 is 13.2 Å². The molecule has 34 heavy (non-hydrogen) atoms. The molecule has 0 saturated carbocycles. The van der Waals surface area contributed by atoms with Gasteiger partial charge in [0.15, 0.2) is 11.0 Å². The van der Waals surface area contributed by atoms with E-state index in [1.165, 1.54) is 36.0 Å². The van der Waals surface area contributed by atoms with Crippen molar-refractivity contribution in [2.24, 2.45) is 0 Å². The Bertz CT molecular complexity index is 1430. The Morgan fingerprint density at radius 3 is 2.24 bits per heavy atom. The minimum absolute atomic E-state index is 0.240. The molecular formula is C25H19F2N5OS. The molecule has 0 aliphatic heterocycles. The Kier molecular flexibility index (Phi) is 5.93. The normalized spacial score (nSPS) is 12.1. The molecule has 0 N–H and O–H groups in total. The molecule has 3 aromatic carbocycles. The minimum Gasteiger partial charge on any atom is -0.419 e. The van der Waals surface area contributed by atoms with Crippen molar-refractivity contribution in [3.63, 3.8) is 0 Å². The smallest absolute Gasteiger partial charge is 0.247 e. The van der Waals surface area contributed by atoms with Gasteiger partial charge in [-0.1, -0.05) is 29.5 Å². The number of hydrogen-bond acceptors (Lipinski definition) is 6. The fraction of sp³-hybridized carbons (Fsp3) is 0.120. The summed E-state index contributed by atoms with van der Waals surface area (Å²) in [4.78, 5) is 0. The number of halogens is 2. The second-order valence-corrected chi connectivity index (χ2v) is 9.01. The molecule has 5 aromatic rings. The maximum Gasteiger partial charge on any atom is 0.247 e. The largest absolute Gasteiger partial charge is 0.419 e. The average molecular weight is 476 g/mol. The summed E-state index contributed by atoms with van der Waals surface area (Å²) in [5, 5.41) is 17.4. The summed E-state index contributed by atoms with van der Waals surface area (Å²) in [6.07, 6.45) is 0. The molecule has 9 heteroatoms. The summed E-state index contributed by atoms with van der Waals surface area (Å²) >= 11 is 1.38. The van der Waals surface area contributed by atoms with E-state index in [2.05, 4.69) is 20.4 Å². The maximum absolute atomic E-state index is 13.6. The highest BCUT2D eigenvalue weighted by atomic mass is 32.2. The molecular weight excluding hydrogens is 456 g/mol. The standard InChI is InChI=1S/C25H19F2N5OS/c1-15-4-3-5-18(14-15)24-30-29-23(33-24)16(2)34-25-31-28-22(17-6-8-19(26)9-7-17)32(25)21-12-10-20(27)11-13-21/h3-14,16H,1-2H3. The first kappa shape index (κ1) is 22.0. The molecule has 2 aromatic heterocycles. The summed E-state index contributed by atoms with van der Waals surface area (Å²) in [5.74, 6) is 0.696. The molecule has 0 amide bonds. The van der Waals surface area contributed by atoms with Crippen LogP contribution in [0.1, 0.15) is 23.6 Å². The van der Waals surface area contributed by atoms with Crippen molar-refractivity contribution in [3.8, 4) is 28.5 Å². The third-order valence-electron chi connectivity index (χ3n) is 5.16. The van der Waals surface area contributed by atoms with Gasteiger partial charge >= 0.3 is 0 Å². The van der Waals surface area contributed by atoms with E-state index in [1.54, 1.807) is 28.8 Å². The molecule has 6 nitrogen and oxygen atoms in total. The first-order valence-electron chi connectivity index (χ1n) is 10.5. The van der Waals surface area contributed by atoms with Crippen LogP contribution in [-0.4, -0.2) is 25.0 Å². The summed E-state index contributed by atoms with van der Waals surface area (Å²) < 4.78 is 34.8. The first-order chi connectivity index (χ1) is 16.5. The van der Waals surface area contributed by atoms with Gasteiger partial charge in [-0.3, -0.25) is 4.57 Å². The third kappa shape index (κ3) is 4.47. The van der Waals surface area contributed by atoms with E-state index in [1.807, 2.05) is 38.1 Å². The van der Waals surface area contributed by atoms with Crippen LogP contribution in [0.2, 0.25) is 0 Å². The molecule has 1 atom stereocenters. The van der Waals surface area contributed by atoms with Gasteiger partial charge < -0.3 is 4.42 Å². The van der Waals surface area contributed by atoms with E-state index < -0.39 is 0 Å². The van der Waals surface area contributed by atoms with E-state index in [9.17, 15) is 8.78 Å². The highest BCUT2D eigenvalue weighted by Gasteiger charge is 2.22. The number of aryl methyl sites for hydroxylation is 1. The van der Waals surface area contributed by atoms with Crippen LogP contribution in [0.25, 0.3) is 28.5 Å². The van der Waals surface area contributed by atoms with Gasteiger partial charge in [0, 0.05) is 16.8 Å². The Morgan fingerprint density at radius 2 is 1.53 bits per heavy atom. The minimum atomic E-state index is -0.350. The molecule has 0 aliphatic rings. The molecule has 0 bridgehead atoms. The molecule has 0 fully saturated rings. The predicted molar refractivity (Wildman–Crippen MR) is 125 cm³/mol. The molecule has 2 heterocycles. The lowest BCUT2D eigenvalue weighted by molar-refractivity contribution is 0.509. The topological polar surface area (TPSA) is 69.6 Å². The van der Waals surface area contributed by atoms with Crippen molar-refractivity contribution >= 4 is 11.8 Å². The molecule has 0 spiro atoms. The van der Waals surface area contributed by atoms with Gasteiger partial charge in [0.05, 0.1) is 5.25 Å². The predicted octanol–water partition coefficient (Wildman–Crippen LogP) is 6.42.